The van der Waals surface area contributed by atoms with Crippen LogP contribution in [0.1, 0.15) is 28.8 Å². The molecule has 0 bridgehead atoms. The third-order valence-electron chi connectivity index (χ3n) is 4.54. The highest BCUT2D eigenvalue weighted by Gasteiger charge is 2.56. The summed E-state index contributed by atoms with van der Waals surface area (Å²) < 4.78 is 5.69. The van der Waals surface area contributed by atoms with Gasteiger partial charge in [-0.3, -0.25) is 14.8 Å². The summed E-state index contributed by atoms with van der Waals surface area (Å²) in [5, 5.41) is 12.7. The molecule has 1 aromatic carbocycles. The van der Waals surface area contributed by atoms with Gasteiger partial charge >= 0.3 is 0 Å². The fourth-order valence-electron chi connectivity index (χ4n) is 2.98. The third-order valence-corrected chi connectivity index (χ3v) is 4.54. The van der Waals surface area contributed by atoms with Gasteiger partial charge in [-0.1, -0.05) is 6.07 Å². The highest BCUT2D eigenvalue weighted by molar-refractivity contribution is 5.94. The monoisotopic (exact) mass is 358 g/mol. The number of nitrogens with one attached hydrogen (secondary N) is 1. The molecular weight excluding hydrogens is 340 g/mol. The quantitative estimate of drug-likeness (QED) is 0.605. The molecular formula is C17H18N4O5. The van der Waals surface area contributed by atoms with Crippen LogP contribution in [0, 0.1) is 0 Å². The molecule has 26 heavy (non-hydrogen) atoms. The molecule has 0 radical (unpaired) electrons. The lowest BCUT2D eigenvalue weighted by molar-refractivity contribution is -0.149. The minimum Gasteiger partial charge on any atom is -0.491 e. The van der Waals surface area contributed by atoms with Crippen LogP contribution in [0.15, 0.2) is 36.7 Å². The van der Waals surface area contributed by atoms with Gasteiger partial charge in [-0.2, -0.15) is 0 Å². The highest BCUT2D eigenvalue weighted by Crippen LogP contribution is 2.39. The van der Waals surface area contributed by atoms with E-state index in [1.54, 1.807) is 47.0 Å². The number of ether oxygens (including phenoxy) is 1. The molecule has 4 rings (SSSR count). The Morgan fingerprint density at radius 1 is 1.35 bits per heavy atom. The SMILES string of the molecule is O=C(NO)c1ccc2c(c1)OCCN(C(=O)C1(On3cccn3)CC1)C2. The van der Waals surface area contributed by atoms with E-state index in [2.05, 4.69) is 5.10 Å². The van der Waals surface area contributed by atoms with E-state index in [0.29, 0.717) is 38.3 Å². The first-order chi connectivity index (χ1) is 12.6. The van der Waals surface area contributed by atoms with Crippen LogP contribution in [0.2, 0.25) is 0 Å². The first-order valence-corrected chi connectivity index (χ1v) is 8.30. The maximum Gasteiger partial charge on any atom is 0.274 e. The molecule has 0 saturated heterocycles. The Bertz CT molecular complexity index is 832. The summed E-state index contributed by atoms with van der Waals surface area (Å²) in [5.74, 6) is -0.181. The second kappa shape index (κ2) is 6.34. The van der Waals surface area contributed by atoms with E-state index in [1.165, 1.54) is 4.85 Å². The molecule has 1 aromatic heterocycles. The third kappa shape index (κ3) is 2.97. The number of aromatic nitrogens is 2. The van der Waals surface area contributed by atoms with Crippen molar-refractivity contribution >= 4 is 11.8 Å². The summed E-state index contributed by atoms with van der Waals surface area (Å²) in [6, 6.07) is 6.59. The Morgan fingerprint density at radius 3 is 2.88 bits per heavy atom. The molecule has 1 fully saturated rings. The number of benzene rings is 1. The summed E-state index contributed by atoms with van der Waals surface area (Å²) >= 11 is 0. The number of fused-ring (bicyclic) bond motifs is 1. The van der Waals surface area contributed by atoms with Gasteiger partial charge in [0.15, 0.2) is 0 Å². The molecule has 2 amide bonds. The van der Waals surface area contributed by atoms with Crippen LogP contribution in [0.25, 0.3) is 0 Å². The molecule has 9 heteroatoms. The van der Waals surface area contributed by atoms with Gasteiger partial charge in [0.1, 0.15) is 12.4 Å². The van der Waals surface area contributed by atoms with Gasteiger partial charge in [-0.25, -0.2) is 5.48 Å². The first-order valence-electron chi connectivity index (χ1n) is 8.30. The standard InChI is InChI=1S/C17H18N4O5/c22-15(19-24)12-2-3-13-11-20(8-9-25-14(13)10-12)16(23)17(4-5-17)26-21-7-1-6-18-21/h1-3,6-7,10,24H,4-5,8-9,11H2,(H,19,22). The van der Waals surface area contributed by atoms with Crippen molar-refractivity contribution in [2.24, 2.45) is 0 Å². The van der Waals surface area contributed by atoms with E-state index in [1.807, 2.05) is 0 Å². The Kier molecular flexibility index (Phi) is 4.00. The largest absolute Gasteiger partial charge is 0.491 e. The number of carbonyl (C=O) groups excluding carboxylic acids is 2. The summed E-state index contributed by atoms with van der Waals surface area (Å²) in [6.45, 7) is 1.08. The Balaban J connectivity index is 1.52. The summed E-state index contributed by atoms with van der Waals surface area (Å²) in [6.07, 6.45) is 4.54. The van der Waals surface area contributed by atoms with Gasteiger partial charge in [0.25, 0.3) is 11.8 Å². The van der Waals surface area contributed by atoms with Gasteiger partial charge < -0.3 is 14.5 Å². The van der Waals surface area contributed by atoms with Crippen molar-refractivity contribution in [1.29, 1.82) is 0 Å². The second-order valence-electron chi connectivity index (χ2n) is 6.33. The van der Waals surface area contributed by atoms with Crippen LogP contribution in [-0.2, 0) is 11.3 Å². The minimum atomic E-state index is -0.868. The maximum absolute atomic E-state index is 13.0. The normalized spacial score (nSPS) is 17.5. The molecule has 0 atom stereocenters. The highest BCUT2D eigenvalue weighted by atomic mass is 16.7. The van der Waals surface area contributed by atoms with Crippen molar-refractivity contribution in [2.45, 2.75) is 25.0 Å². The van der Waals surface area contributed by atoms with E-state index in [4.69, 9.17) is 14.8 Å². The maximum atomic E-state index is 13.0. The molecule has 136 valence electrons. The zero-order chi connectivity index (χ0) is 18.1. The molecule has 2 aromatic rings. The average molecular weight is 358 g/mol. The molecule has 0 spiro atoms. The van der Waals surface area contributed by atoms with Gasteiger partial charge in [-0.05, 0) is 18.2 Å². The number of carbonyl (C=O) groups is 2. The lowest BCUT2D eigenvalue weighted by atomic mass is 10.1. The Labute approximate surface area is 149 Å². The Hall–Kier alpha value is -3.07. The zero-order valence-corrected chi connectivity index (χ0v) is 13.9. The number of hydroxylamine groups is 1. The van der Waals surface area contributed by atoms with Gasteiger partial charge in [0, 0.05) is 30.5 Å². The van der Waals surface area contributed by atoms with E-state index in [0.717, 1.165) is 5.56 Å². The summed E-state index contributed by atoms with van der Waals surface area (Å²) in [7, 11) is 0. The molecule has 1 saturated carbocycles. The topological polar surface area (TPSA) is 106 Å². The predicted octanol–water partition coefficient (Wildman–Crippen LogP) is 0.384. The van der Waals surface area contributed by atoms with Crippen LogP contribution in [-0.4, -0.2) is 50.6 Å². The predicted molar refractivity (Wildman–Crippen MR) is 87.4 cm³/mol. The van der Waals surface area contributed by atoms with Crippen molar-refractivity contribution in [1.82, 2.24) is 20.3 Å². The van der Waals surface area contributed by atoms with E-state index in [-0.39, 0.29) is 11.5 Å². The fourth-order valence-corrected chi connectivity index (χ4v) is 2.98. The molecule has 9 nitrogen and oxygen atoms in total. The van der Waals surface area contributed by atoms with Crippen molar-refractivity contribution in [3.05, 3.63) is 47.8 Å². The van der Waals surface area contributed by atoms with Gasteiger partial charge in [-0.15, -0.1) is 9.94 Å². The van der Waals surface area contributed by atoms with Crippen LogP contribution >= 0.6 is 0 Å². The summed E-state index contributed by atoms with van der Waals surface area (Å²) in [4.78, 5) is 33.3. The first kappa shape index (κ1) is 16.4. The average Bonchev–Trinajstić information content (AvgIpc) is 3.32. The van der Waals surface area contributed by atoms with Crippen LogP contribution < -0.4 is 15.1 Å². The summed E-state index contributed by atoms with van der Waals surface area (Å²) in [5.41, 5.74) is 1.80. The van der Waals surface area contributed by atoms with E-state index < -0.39 is 11.5 Å². The number of rotatable bonds is 4. The number of nitrogens with zero attached hydrogens (tertiary/aromatic N) is 3. The minimum absolute atomic E-state index is 0.0957. The number of hydrogen-bond acceptors (Lipinski definition) is 6. The molecule has 2 heterocycles. The Morgan fingerprint density at radius 2 is 2.19 bits per heavy atom. The number of hydrogen-bond donors (Lipinski definition) is 2. The zero-order valence-electron chi connectivity index (χ0n) is 13.9. The molecule has 1 aliphatic carbocycles. The molecule has 2 aliphatic rings. The van der Waals surface area contributed by atoms with E-state index >= 15 is 0 Å². The van der Waals surface area contributed by atoms with Crippen LogP contribution in [0.3, 0.4) is 0 Å². The smallest absolute Gasteiger partial charge is 0.274 e. The van der Waals surface area contributed by atoms with E-state index in [9.17, 15) is 9.59 Å². The lowest BCUT2D eigenvalue weighted by Gasteiger charge is -2.25. The number of amides is 2. The van der Waals surface area contributed by atoms with Crippen molar-refractivity contribution in [3.8, 4) is 5.75 Å². The van der Waals surface area contributed by atoms with Crippen molar-refractivity contribution < 1.29 is 24.4 Å². The van der Waals surface area contributed by atoms with Crippen LogP contribution in [0.5, 0.6) is 5.75 Å². The van der Waals surface area contributed by atoms with Crippen molar-refractivity contribution in [2.75, 3.05) is 13.2 Å². The fraction of sp³-hybridized carbons (Fsp3) is 0.353. The van der Waals surface area contributed by atoms with Gasteiger partial charge in [0.05, 0.1) is 18.9 Å². The van der Waals surface area contributed by atoms with Gasteiger partial charge in [0.2, 0.25) is 5.60 Å². The molecule has 0 unspecified atom stereocenters. The second-order valence-corrected chi connectivity index (χ2v) is 6.33. The molecule has 1 aliphatic heterocycles. The lowest BCUT2D eigenvalue weighted by Crippen LogP contribution is -2.46. The van der Waals surface area contributed by atoms with Crippen molar-refractivity contribution in [3.63, 3.8) is 0 Å². The van der Waals surface area contributed by atoms with Crippen LogP contribution in [0.4, 0.5) is 0 Å². The molecule has 2 N–H and O–H groups in total.